The zero-order valence-electron chi connectivity index (χ0n) is 9.58. The number of aromatic carboxylic acids is 1. The van der Waals surface area contributed by atoms with Crippen LogP contribution in [-0.2, 0) is 6.54 Å². The van der Waals surface area contributed by atoms with Gasteiger partial charge in [0.15, 0.2) is 17.3 Å². The standard InChI is InChI=1S/C11H9F2N3O3/c12-7-1-2-10(8(13)5-7)19-4-3-16-6-9(11(17)18)14-15-16/h1-2,5-6H,3-4H2,(H,17,18). The number of rotatable bonds is 5. The first-order valence-corrected chi connectivity index (χ1v) is 5.27. The zero-order chi connectivity index (χ0) is 13.8. The third-order valence-corrected chi connectivity index (χ3v) is 2.23. The molecule has 1 heterocycles. The Balaban J connectivity index is 1.90. The molecule has 0 fully saturated rings. The van der Waals surface area contributed by atoms with Crippen molar-refractivity contribution in [2.45, 2.75) is 6.54 Å². The van der Waals surface area contributed by atoms with E-state index in [9.17, 15) is 13.6 Å². The molecule has 0 saturated heterocycles. The Labute approximate surface area is 106 Å². The minimum atomic E-state index is -1.18. The van der Waals surface area contributed by atoms with Crippen LogP contribution in [0.4, 0.5) is 8.78 Å². The van der Waals surface area contributed by atoms with E-state index in [-0.39, 0.29) is 24.6 Å². The molecule has 0 radical (unpaired) electrons. The van der Waals surface area contributed by atoms with Gasteiger partial charge in [0, 0.05) is 6.07 Å². The van der Waals surface area contributed by atoms with Gasteiger partial charge in [0.25, 0.3) is 0 Å². The summed E-state index contributed by atoms with van der Waals surface area (Å²) in [5, 5.41) is 15.6. The Morgan fingerprint density at radius 2 is 2.21 bits per heavy atom. The van der Waals surface area contributed by atoms with Crippen LogP contribution in [-0.4, -0.2) is 32.7 Å². The molecule has 6 nitrogen and oxygen atoms in total. The molecule has 1 N–H and O–H groups in total. The second kappa shape index (κ2) is 5.42. The Kier molecular flexibility index (Phi) is 3.69. The minimum absolute atomic E-state index is 0.0466. The van der Waals surface area contributed by atoms with Crippen molar-refractivity contribution in [2.24, 2.45) is 0 Å². The number of hydrogen-bond acceptors (Lipinski definition) is 4. The molecule has 0 atom stereocenters. The van der Waals surface area contributed by atoms with Crippen LogP contribution in [0, 0.1) is 11.6 Å². The number of hydrogen-bond donors (Lipinski definition) is 1. The van der Waals surface area contributed by atoms with Gasteiger partial charge in [-0.05, 0) is 12.1 Å². The lowest BCUT2D eigenvalue weighted by Crippen LogP contribution is -2.09. The number of carbonyl (C=O) groups is 1. The van der Waals surface area contributed by atoms with Gasteiger partial charge in [-0.15, -0.1) is 5.10 Å². The fraction of sp³-hybridized carbons (Fsp3) is 0.182. The average Bonchev–Trinajstić information content (AvgIpc) is 2.81. The highest BCUT2D eigenvalue weighted by Crippen LogP contribution is 2.17. The van der Waals surface area contributed by atoms with Crippen LogP contribution in [0.1, 0.15) is 10.5 Å². The van der Waals surface area contributed by atoms with Crippen molar-refractivity contribution in [2.75, 3.05) is 6.61 Å². The molecule has 19 heavy (non-hydrogen) atoms. The Morgan fingerprint density at radius 3 is 2.84 bits per heavy atom. The summed E-state index contributed by atoms with van der Waals surface area (Å²) in [6.45, 7) is 0.238. The Hall–Kier alpha value is -2.51. The van der Waals surface area contributed by atoms with Crippen LogP contribution in [0.25, 0.3) is 0 Å². The van der Waals surface area contributed by atoms with Crippen LogP contribution in [0.5, 0.6) is 5.75 Å². The third-order valence-electron chi connectivity index (χ3n) is 2.23. The second-order valence-corrected chi connectivity index (χ2v) is 3.60. The Bertz CT molecular complexity index is 601. The van der Waals surface area contributed by atoms with E-state index < -0.39 is 17.6 Å². The number of benzene rings is 1. The fourth-order valence-corrected chi connectivity index (χ4v) is 1.35. The van der Waals surface area contributed by atoms with E-state index in [0.717, 1.165) is 6.07 Å². The number of ether oxygens (including phenoxy) is 1. The van der Waals surface area contributed by atoms with E-state index in [1.54, 1.807) is 0 Å². The summed E-state index contributed by atoms with van der Waals surface area (Å²) in [4.78, 5) is 10.6. The SMILES string of the molecule is O=C(O)c1cn(CCOc2ccc(F)cc2F)nn1. The molecular weight excluding hydrogens is 260 g/mol. The molecule has 1 aromatic carbocycles. The predicted octanol–water partition coefficient (Wildman–Crippen LogP) is 1.33. The van der Waals surface area contributed by atoms with Crippen LogP contribution in [0.15, 0.2) is 24.4 Å². The number of aromatic nitrogens is 3. The maximum atomic E-state index is 13.2. The summed E-state index contributed by atoms with van der Waals surface area (Å²) in [5.41, 5.74) is -0.187. The van der Waals surface area contributed by atoms with Gasteiger partial charge < -0.3 is 9.84 Å². The summed E-state index contributed by atoms with van der Waals surface area (Å²) in [6, 6.07) is 2.97. The highest BCUT2D eigenvalue weighted by molar-refractivity contribution is 5.84. The average molecular weight is 269 g/mol. The molecule has 2 aromatic rings. The van der Waals surface area contributed by atoms with Crippen molar-refractivity contribution in [3.63, 3.8) is 0 Å². The molecule has 0 aliphatic carbocycles. The van der Waals surface area contributed by atoms with Gasteiger partial charge in [-0.2, -0.15) is 0 Å². The van der Waals surface area contributed by atoms with E-state index in [1.807, 2.05) is 0 Å². The first-order chi connectivity index (χ1) is 9.06. The normalized spacial score (nSPS) is 10.4. The highest BCUT2D eigenvalue weighted by atomic mass is 19.1. The summed E-state index contributed by atoms with van der Waals surface area (Å²) in [6.07, 6.45) is 1.23. The first kappa shape index (κ1) is 12.9. The zero-order valence-corrected chi connectivity index (χ0v) is 9.58. The molecular formula is C11H9F2N3O3. The van der Waals surface area contributed by atoms with Crippen molar-refractivity contribution < 1.29 is 23.4 Å². The third kappa shape index (κ3) is 3.24. The van der Waals surface area contributed by atoms with E-state index >= 15 is 0 Å². The molecule has 0 saturated carbocycles. The first-order valence-electron chi connectivity index (χ1n) is 5.27. The van der Waals surface area contributed by atoms with Gasteiger partial charge in [0.2, 0.25) is 0 Å². The van der Waals surface area contributed by atoms with E-state index in [2.05, 4.69) is 10.3 Å². The van der Waals surface area contributed by atoms with Gasteiger partial charge in [0.05, 0.1) is 12.7 Å². The lowest BCUT2D eigenvalue weighted by atomic mass is 10.3. The summed E-state index contributed by atoms with van der Waals surface area (Å²) >= 11 is 0. The number of carboxylic acid groups (broad SMARTS) is 1. The predicted molar refractivity (Wildman–Crippen MR) is 58.8 cm³/mol. The van der Waals surface area contributed by atoms with Crippen molar-refractivity contribution in [1.82, 2.24) is 15.0 Å². The second-order valence-electron chi connectivity index (χ2n) is 3.60. The van der Waals surface area contributed by atoms with E-state index in [0.29, 0.717) is 6.07 Å². The van der Waals surface area contributed by atoms with Crippen molar-refractivity contribution in [3.8, 4) is 5.75 Å². The van der Waals surface area contributed by atoms with Gasteiger partial charge >= 0.3 is 5.97 Å². The number of halogens is 2. The van der Waals surface area contributed by atoms with Gasteiger partial charge in [-0.1, -0.05) is 5.21 Å². The van der Waals surface area contributed by atoms with Gasteiger partial charge in [-0.25, -0.2) is 18.3 Å². The molecule has 100 valence electrons. The van der Waals surface area contributed by atoms with Crippen LogP contribution in [0.2, 0.25) is 0 Å². The van der Waals surface area contributed by atoms with Crippen molar-refractivity contribution >= 4 is 5.97 Å². The lowest BCUT2D eigenvalue weighted by molar-refractivity contribution is 0.0690. The van der Waals surface area contributed by atoms with Gasteiger partial charge in [-0.3, -0.25) is 0 Å². The summed E-state index contributed by atoms with van der Waals surface area (Å²) < 4.78 is 32.2. The van der Waals surface area contributed by atoms with E-state index in [4.69, 9.17) is 9.84 Å². The van der Waals surface area contributed by atoms with Crippen molar-refractivity contribution in [1.29, 1.82) is 0 Å². The molecule has 0 aliphatic rings. The Morgan fingerprint density at radius 1 is 1.42 bits per heavy atom. The summed E-state index contributed by atoms with van der Waals surface area (Å²) in [5.74, 6) is -2.76. The number of carboxylic acids is 1. The van der Waals surface area contributed by atoms with Gasteiger partial charge in [0.1, 0.15) is 12.4 Å². The molecule has 0 unspecified atom stereocenters. The molecule has 1 aromatic heterocycles. The smallest absolute Gasteiger partial charge is 0.358 e. The molecule has 8 heteroatoms. The van der Waals surface area contributed by atoms with E-state index in [1.165, 1.54) is 16.9 Å². The highest BCUT2D eigenvalue weighted by Gasteiger charge is 2.08. The number of nitrogens with zero attached hydrogens (tertiary/aromatic N) is 3. The quantitative estimate of drug-likeness (QED) is 0.886. The molecule has 2 rings (SSSR count). The van der Waals surface area contributed by atoms with Crippen molar-refractivity contribution in [3.05, 3.63) is 41.7 Å². The minimum Gasteiger partial charge on any atom is -0.489 e. The largest absolute Gasteiger partial charge is 0.489 e. The monoisotopic (exact) mass is 269 g/mol. The summed E-state index contributed by atoms with van der Waals surface area (Å²) in [7, 11) is 0. The molecule has 0 spiro atoms. The topological polar surface area (TPSA) is 77.2 Å². The molecule has 0 bridgehead atoms. The fourth-order valence-electron chi connectivity index (χ4n) is 1.35. The maximum absolute atomic E-state index is 13.2. The molecule has 0 amide bonds. The molecule has 0 aliphatic heterocycles. The van der Waals surface area contributed by atoms with Crippen LogP contribution < -0.4 is 4.74 Å². The van der Waals surface area contributed by atoms with Crippen LogP contribution in [0.3, 0.4) is 0 Å². The van der Waals surface area contributed by atoms with Crippen LogP contribution >= 0.6 is 0 Å². The maximum Gasteiger partial charge on any atom is 0.358 e. The lowest BCUT2D eigenvalue weighted by Gasteiger charge is -2.06.